The largest absolute Gasteiger partial charge is 0.494 e. The molecule has 0 aliphatic heterocycles. The van der Waals surface area contributed by atoms with Crippen LogP contribution < -0.4 is 9.47 Å². The first-order valence-electron chi connectivity index (χ1n) is 11.2. The summed E-state index contributed by atoms with van der Waals surface area (Å²) in [5.74, 6) is 1.82. The molecule has 0 N–H and O–H groups in total. The molecule has 0 bridgehead atoms. The highest BCUT2D eigenvalue weighted by molar-refractivity contribution is 5.82. The fourth-order valence-electron chi connectivity index (χ4n) is 3.40. The first kappa shape index (κ1) is 21.9. The molecule has 3 nitrogen and oxygen atoms in total. The van der Waals surface area contributed by atoms with Crippen LogP contribution in [0, 0.1) is 0 Å². The second kappa shape index (κ2) is 12.0. The van der Waals surface area contributed by atoms with Crippen molar-refractivity contribution in [1.82, 2.24) is 4.98 Å². The molecular formula is C27H33NO2. The fraction of sp³-hybridized carbons (Fsp3) is 0.370. The number of unbranched alkanes of at least 4 members (excludes halogenated alkanes) is 5. The Morgan fingerprint density at radius 3 is 2.30 bits per heavy atom. The summed E-state index contributed by atoms with van der Waals surface area (Å²) in [5.41, 5.74) is 3.05. The smallest absolute Gasteiger partial charge is 0.120 e. The van der Waals surface area contributed by atoms with Crippen LogP contribution in [-0.2, 0) is 0 Å². The molecule has 0 saturated carbocycles. The molecule has 0 aliphatic carbocycles. The third-order valence-electron chi connectivity index (χ3n) is 5.09. The summed E-state index contributed by atoms with van der Waals surface area (Å²) in [6.45, 7) is 5.71. The molecule has 0 aliphatic rings. The second-order valence-corrected chi connectivity index (χ2v) is 7.54. The van der Waals surface area contributed by atoms with Gasteiger partial charge in [-0.05, 0) is 61.4 Å². The zero-order valence-electron chi connectivity index (χ0n) is 18.3. The van der Waals surface area contributed by atoms with Crippen molar-refractivity contribution in [2.45, 2.75) is 52.4 Å². The average Bonchev–Trinajstić information content (AvgIpc) is 2.78. The number of pyridine rings is 1. The van der Waals surface area contributed by atoms with E-state index >= 15 is 0 Å². The van der Waals surface area contributed by atoms with Crippen molar-refractivity contribution in [2.24, 2.45) is 0 Å². The predicted octanol–water partition coefficient (Wildman–Crippen LogP) is 7.54. The predicted molar refractivity (Wildman–Crippen MR) is 127 cm³/mol. The number of hydrogen-bond donors (Lipinski definition) is 0. The quantitative estimate of drug-likeness (QED) is 0.293. The van der Waals surface area contributed by atoms with E-state index in [1.807, 2.05) is 49.4 Å². The molecule has 0 fully saturated rings. The van der Waals surface area contributed by atoms with E-state index < -0.39 is 0 Å². The van der Waals surface area contributed by atoms with Gasteiger partial charge < -0.3 is 9.47 Å². The minimum atomic E-state index is 0.669. The van der Waals surface area contributed by atoms with Gasteiger partial charge in [-0.3, -0.25) is 0 Å². The lowest BCUT2D eigenvalue weighted by Crippen LogP contribution is -1.97. The van der Waals surface area contributed by atoms with Gasteiger partial charge in [0, 0.05) is 5.39 Å². The SMILES string of the molecule is CCCCCCCCOc1ccc(C=Cc2ccc3cc(OCC)ccc3n2)cc1. The van der Waals surface area contributed by atoms with Crippen LogP contribution in [0.2, 0.25) is 0 Å². The highest BCUT2D eigenvalue weighted by atomic mass is 16.5. The van der Waals surface area contributed by atoms with Gasteiger partial charge in [0.2, 0.25) is 0 Å². The summed E-state index contributed by atoms with van der Waals surface area (Å²) in [7, 11) is 0. The van der Waals surface area contributed by atoms with E-state index in [9.17, 15) is 0 Å². The molecule has 158 valence electrons. The Kier molecular flexibility index (Phi) is 8.77. The molecule has 1 heterocycles. The monoisotopic (exact) mass is 403 g/mol. The third-order valence-corrected chi connectivity index (χ3v) is 5.09. The number of nitrogens with zero attached hydrogens (tertiary/aromatic N) is 1. The zero-order valence-corrected chi connectivity index (χ0v) is 18.3. The highest BCUT2D eigenvalue weighted by Gasteiger charge is 2.00. The topological polar surface area (TPSA) is 31.4 Å². The summed E-state index contributed by atoms with van der Waals surface area (Å²) in [6, 6.07) is 18.4. The van der Waals surface area contributed by atoms with Gasteiger partial charge in [-0.2, -0.15) is 0 Å². The zero-order chi connectivity index (χ0) is 21.0. The second-order valence-electron chi connectivity index (χ2n) is 7.54. The van der Waals surface area contributed by atoms with Gasteiger partial charge in [0.05, 0.1) is 24.4 Å². The summed E-state index contributed by atoms with van der Waals surface area (Å²) >= 11 is 0. The Morgan fingerprint density at radius 1 is 0.733 bits per heavy atom. The van der Waals surface area contributed by atoms with Gasteiger partial charge in [0.15, 0.2) is 0 Å². The van der Waals surface area contributed by atoms with Crippen LogP contribution in [0.25, 0.3) is 23.1 Å². The van der Waals surface area contributed by atoms with Crippen LogP contribution in [0.3, 0.4) is 0 Å². The van der Waals surface area contributed by atoms with Crippen molar-refractivity contribution in [2.75, 3.05) is 13.2 Å². The average molecular weight is 404 g/mol. The fourth-order valence-corrected chi connectivity index (χ4v) is 3.40. The molecule has 3 rings (SSSR count). The van der Waals surface area contributed by atoms with Crippen LogP contribution in [0.4, 0.5) is 0 Å². The minimum Gasteiger partial charge on any atom is -0.494 e. The van der Waals surface area contributed by atoms with E-state index in [4.69, 9.17) is 14.5 Å². The number of aromatic nitrogens is 1. The third kappa shape index (κ3) is 6.91. The maximum Gasteiger partial charge on any atom is 0.120 e. The molecule has 2 aromatic carbocycles. The van der Waals surface area contributed by atoms with Gasteiger partial charge in [-0.15, -0.1) is 0 Å². The molecular weight excluding hydrogens is 370 g/mol. The molecule has 3 heteroatoms. The first-order valence-corrected chi connectivity index (χ1v) is 11.2. The van der Waals surface area contributed by atoms with E-state index in [1.165, 1.54) is 32.1 Å². The molecule has 0 saturated heterocycles. The lowest BCUT2D eigenvalue weighted by atomic mass is 10.1. The Bertz CT molecular complexity index is 931. The molecule has 0 radical (unpaired) electrons. The summed E-state index contributed by atoms with van der Waals surface area (Å²) < 4.78 is 11.4. The standard InChI is InChI=1S/C27H33NO2/c1-3-5-6-7-8-9-20-30-25-16-11-22(12-17-25)10-14-24-15-13-23-21-26(29-4-2)18-19-27(23)28-24/h10-19,21H,3-9,20H2,1-2H3. The number of hydrogen-bond acceptors (Lipinski definition) is 3. The van der Waals surface area contributed by atoms with Crippen LogP contribution in [0.15, 0.2) is 54.6 Å². The van der Waals surface area contributed by atoms with E-state index in [1.54, 1.807) is 0 Å². The van der Waals surface area contributed by atoms with Crippen molar-refractivity contribution >= 4 is 23.1 Å². The maximum absolute atomic E-state index is 5.86. The van der Waals surface area contributed by atoms with Gasteiger partial charge in [0.1, 0.15) is 11.5 Å². The molecule has 30 heavy (non-hydrogen) atoms. The van der Waals surface area contributed by atoms with E-state index in [0.717, 1.165) is 46.7 Å². The van der Waals surface area contributed by atoms with Crippen molar-refractivity contribution in [3.05, 3.63) is 65.9 Å². The van der Waals surface area contributed by atoms with Crippen LogP contribution >= 0.6 is 0 Å². The number of ether oxygens (including phenoxy) is 2. The first-order chi connectivity index (χ1) is 14.8. The Labute approximate surface area is 180 Å². The molecule has 3 aromatic rings. The lowest BCUT2D eigenvalue weighted by molar-refractivity contribution is 0.304. The molecule has 0 atom stereocenters. The summed E-state index contributed by atoms with van der Waals surface area (Å²) in [6.07, 6.45) is 11.8. The normalized spacial score (nSPS) is 11.3. The van der Waals surface area contributed by atoms with Gasteiger partial charge in [-0.1, -0.05) is 63.3 Å². The van der Waals surface area contributed by atoms with Gasteiger partial charge in [-0.25, -0.2) is 4.98 Å². The van der Waals surface area contributed by atoms with Gasteiger partial charge >= 0.3 is 0 Å². The number of benzene rings is 2. The minimum absolute atomic E-state index is 0.669. The van der Waals surface area contributed by atoms with E-state index in [2.05, 4.69) is 31.2 Å². The van der Waals surface area contributed by atoms with Crippen molar-refractivity contribution in [1.29, 1.82) is 0 Å². The lowest BCUT2D eigenvalue weighted by Gasteiger charge is -2.06. The van der Waals surface area contributed by atoms with Crippen molar-refractivity contribution in [3.8, 4) is 11.5 Å². The van der Waals surface area contributed by atoms with E-state index in [-0.39, 0.29) is 0 Å². The Balaban J connectivity index is 1.50. The molecule has 0 unspecified atom stereocenters. The van der Waals surface area contributed by atoms with Gasteiger partial charge in [0.25, 0.3) is 0 Å². The molecule has 0 amide bonds. The number of rotatable bonds is 12. The highest BCUT2D eigenvalue weighted by Crippen LogP contribution is 2.21. The van der Waals surface area contributed by atoms with Crippen LogP contribution in [0.5, 0.6) is 11.5 Å². The summed E-state index contributed by atoms with van der Waals surface area (Å²) in [4.78, 5) is 4.72. The summed E-state index contributed by atoms with van der Waals surface area (Å²) in [5, 5.41) is 1.09. The van der Waals surface area contributed by atoms with Crippen LogP contribution in [0.1, 0.15) is 63.6 Å². The number of fused-ring (bicyclic) bond motifs is 1. The Morgan fingerprint density at radius 2 is 1.50 bits per heavy atom. The van der Waals surface area contributed by atoms with Crippen molar-refractivity contribution in [3.63, 3.8) is 0 Å². The maximum atomic E-state index is 5.86. The molecule has 0 spiro atoms. The van der Waals surface area contributed by atoms with Crippen LogP contribution in [-0.4, -0.2) is 18.2 Å². The molecule has 1 aromatic heterocycles. The Hall–Kier alpha value is -2.81. The van der Waals surface area contributed by atoms with E-state index in [0.29, 0.717) is 6.61 Å². The van der Waals surface area contributed by atoms with Crippen molar-refractivity contribution < 1.29 is 9.47 Å².